The van der Waals surface area contributed by atoms with Crippen molar-refractivity contribution >= 4 is 22.6 Å². The minimum absolute atomic E-state index is 0. The van der Waals surface area contributed by atoms with E-state index in [0.29, 0.717) is 0 Å². The van der Waals surface area contributed by atoms with Crippen molar-refractivity contribution in [1.29, 1.82) is 0 Å². The van der Waals surface area contributed by atoms with E-state index in [-0.39, 0.29) is 29.6 Å². The van der Waals surface area contributed by atoms with Crippen molar-refractivity contribution in [2.45, 2.75) is 4.90 Å². The SMILES string of the molecule is O=C(O)c1cccc(C(=O)O)c1[S-](=O)=O.[Na+]. The molecular formula is C8H5NaO6S. The monoisotopic (exact) mass is 252 g/mol. The van der Waals surface area contributed by atoms with Crippen LogP contribution in [0.15, 0.2) is 23.1 Å². The van der Waals surface area contributed by atoms with E-state index < -0.39 is 38.7 Å². The van der Waals surface area contributed by atoms with E-state index in [0.717, 1.165) is 12.1 Å². The second-order valence-electron chi connectivity index (χ2n) is 2.53. The van der Waals surface area contributed by atoms with Gasteiger partial charge in [-0.1, -0.05) is 11.0 Å². The van der Waals surface area contributed by atoms with Crippen molar-refractivity contribution in [2.24, 2.45) is 0 Å². The number of benzene rings is 1. The second kappa shape index (κ2) is 6.00. The van der Waals surface area contributed by atoms with Gasteiger partial charge in [0, 0.05) is 11.1 Å². The third-order valence-electron chi connectivity index (χ3n) is 1.64. The van der Waals surface area contributed by atoms with Crippen LogP contribution in [0.1, 0.15) is 20.7 Å². The van der Waals surface area contributed by atoms with Crippen LogP contribution < -0.4 is 29.6 Å². The van der Waals surface area contributed by atoms with Crippen LogP contribution >= 0.6 is 0 Å². The molecule has 1 rings (SSSR count). The van der Waals surface area contributed by atoms with Crippen LogP contribution in [0.3, 0.4) is 0 Å². The summed E-state index contributed by atoms with van der Waals surface area (Å²) in [6.07, 6.45) is 0. The molecule has 0 aliphatic carbocycles. The molecule has 8 heteroatoms. The molecule has 0 bridgehead atoms. The Morgan fingerprint density at radius 2 is 1.38 bits per heavy atom. The zero-order valence-corrected chi connectivity index (χ0v) is 11.0. The van der Waals surface area contributed by atoms with Gasteiger partial charge in [-0.3, -0.25) is 0 Å². The Morgan fingerprint density at radius 3 is 1.62 bits per heavy atom. The minimum Gasteiger partial charge on any atom is -0.478 e. The molecule has 0 unspecified atom stereocenters. The molecule has 6 nitrogen and oxygen atoms in total. The van der Waals surface area contributed by atoms with Gasteiger partial charge in [-0.15, -0.1) is 0 Å². The normalized spacial score (nSPS) is 9.56. The number of carboxylic acid groups (broad SMARTS) is 2. The maximum absolute atomic E-state index is 10.7. The Bertz CT molecular complexity index is 467. The third-order valence-corrected chi connectivity index (χ3v) is 2.42. The van der Waals surface area contributed by atoms with E-state index in [1.807, 2.05) is 0 Å². The predicted octanol–water partition coefficient (Wildman–Crippen LogP) is -2.24. The molecule has 0 fully saturated rings. The molecule has 1 aromatic rings. The Morgan fingerprint density at radius 1 is 1.00 bits per heavy atom. The summed E-state index contributed by atoms with van der Waals surface area (Å²) in [5.41, 5.74) is -1.11. The average Bonchev–Trinajstić information content (AvgIpc) is 2.16. The number of aromatic carboxylic acids is 2. The number of carbonyl (C=O) groups is 2. The summed E-state index contributed by atoms with van der Waals surface area (Å²) in [5, 5.41) is 17.3. The van der Waals surface area contributed by atoms with Gasteiger partial charge in [-0.05, 0) is 22.8 Å². The molecule has 2 N–H and O–H groups in total. The molecule has 0 aliphatic rings. The van der Waals surface area contributed by atoms with Gasteiger partial charge in [0.25, 0.3) is 0 Å². The fourth-order valence-corrected chi connectivity index (χ4v) is 1.72. The first-order chi connectivity index (χ1) is 6.95. The summed E-state index contributed by atoms with van der Waals surface area (Å²) < 4.78 is 21.4. The fraction of sp³-hybridized carbons (Fsp3) is 0. The fourth-order valence-electron chi connectivity index (χ4n) is 1.05. The Balaban J connectivity index is 0.00000225. The maximum atomic E-state index is 10.7. The van der Waals surface area contributed by atoms with Crippen molar-refractivity contribution in [3.8, 4) is 0 Å². The first-order valence-electron chi connectivity index (χ1n) is 3.64. The molecule has 0 aromatic heterocycles. The van der Waals surface area contributed by atoms with Gasteiger partial charge in [0.1, 0.15) is 0 Å². The van der Waals surface area contributed by atoms with Crippen molar-refractivity contribution in [1.82, 2.24) is 0 Å². The van der Waals surface area contributed by atoms with E-state index in [1.54, 1.807) is 0 Å². The van der Waals surface area contributed by atoms with Gasteiger partial charge in [-0.2, -0.15) is 0 Å². The number of carboxylic acids is 2. The first kappa shape index (κ1) is 15.1. The number of hydrogen-bond donors (Lipinski definition) is 2. The molecule has 0 aliphatic heterocycles. The Labute approximate surface area is 114 Å². The zero-order chi connectivity index (χ0) is 11.6. The first-order valence-corrected chi connectivity index (χ1v) is 4.71. The largest absolute Gasteiger partial charge is 1.00 e. The Hall–Kier alpha value is -0.890. The summed E-state index contributed by atoms with van der Waals surface area (Å²) in [6, 6.07) is 3.23. The van der Waals surface area contributed by atoms with Crippen LogP contribution in [0.25, 0.3) is 0 Å². The van der Waals surface area contributed by atoms with Crippen LogP contribution in [0.4, 0.5) is 0 Å². The topological polar surface area (TPSA) is 109 Å². The summed E-state index contributed by atoms with van der Waals surface area (Å²) >= 11 is 0. The molecule has 0 radical (unpaired) electrons. The van der Waals surface area contributed by atoms with Gasteiger partial charge in [0.2, 0.25) is 0 Å². The molecule has 0 atom stereocenters. The summed E-state index contributed by atoms with van der Waals surface area (Å²) in [7, 11) is -2.90. The molecule has 16 heavy (non-hydrogen) atoms. The molecule has 1 aromatic carbocycles. The molecule has 0 saturated carbocycles. The molecular weight excluding hydrogens is 247 g/mol. The minimum atomic E-state index is -2.90. The quantitative estimate of drug-likeness (QED) is 0.465. The maximum Gasteiger partial charge on any atom is 1.00 e. The van der Waals surface area contributed by atoms with Crippen LogP contribution in [-0.4, -0.2) is 22.2 Å². The van der Waals surface area contributed by atoms with E-state index >= 15 is 0 Å². The van der Waals surface area contributed by atoms with Gasteiger partial charge < -0.3 is 18.6 Å². The van der Waals surface area contributed by atoms with Crippen LogP contribution in [0.2, 0.25) is 0 Å². The summed E-state index contributed by atoms with van der Waals surface area (Å²) in [6.45, 7) is 0. The second-order valence-corrected chi connectivity index (χ2v) is 3.40. The van der Waals surface area contributed by atoms with E-state index in [9.17, 15) is 18.0 Å². The van der Waals surface area contributed by atoms with Gasteiger partial charge in [0.15, 0.2) is 0 Å². The van der Waals surface area contributed by atoms with Crippen molar-refractivity contribution in [3.63, 3.8) is 0 Å². The Kier molecular flexibility index (Phi) is 5.66. The van der Waals surface area contributed by atoms with Crippen molar-refractivity contribution in [2.75, 3.05) is 0 Å². The predicted molar refractivity (Wildman–Crippen MR) is 47.4 cm³/mol. The average molecular weight is 252 g/mol. The van der Waals surface area contributed by atoms with Crippen LogP contribution in [0, 0.1) is 0 Å². The smallest absolute Gasteiger partial charge is 0.478 e. The van der Waals surface area contributed by atoms with Crippen molar-refractivity contribution < 1.29 is 57.8 Å². The third kappa shape index (κ3) is 3.05. The molecule has 0 spiro atoms. The molecule has 0 amide bonds. The van der Waals surface area contributed by atoms with E-state index in [4.69, 9.17) is 10.2 Å². The number of rotatable bonds is 3. The van der Waals surface area contributed by atoms with E-state index in [2.05, 4.69) is 0 Å². The standard InChI is InChI=1S/C8H5O6S.Na/c9-7(10)4-2-1-3-5(8(11)12)6(4)15(13)14;/h1-3H,(H,9,10)(H,11,12);/q-1;+1. The van der Waals surface area contributed by atoms with Crippen molar-refractivity contribution in [3.05, 3.63) is 29.3 Å². The van der Waals surface area contributed by atoms with Crippen LogP contribution in [0.5, 0.6) is 0 Å². The van der Waals surface area contributed by atoms with Gasteiger partial charge in [-0.25, -0.2) is 9.59 Å². The zero-order valence-electron chi connectivity index (χ0n) is 8.17. The molecule has 0 heterocycles. The van der Waals surface area contributed by atoms with Gasteiger partial charge >= 0.3 is 41.5 Å². The summed E-state index contributed by atoms with van der Waals surface area (Å²) in [5.74, 6) is -2.98. The van der Waals surface area contributed by atoms with Gasteiger partial charge in [0.05, 0.1) is 0 Å². The molecule has 80 valence electrons. The number of hydrogen-bond acceptors (Lipinski definition) is 5. The summed E-state index contributed by atoms with van der Waals surface area (Å²) in [4.78, 5) is 20.6. The van der Waals surface area contributed by atoms with E-state index in [1.165, 1.54) is 6.07 Å². The van der Waals surface area contributed by atoms with Crippen LogP contribution in [-0.2, 0) is 19.1 Å². The molecule has 0 saturated heterocycles.